The molecule has 1 saturated carbocycles. The van der Waals surface area contributed by atoms with Crippen molar-refractivity contribution < 1.29 is 19.4 Å². The van der Waals surface area contributed by atoms with Crippen molar-refractivity contribution in [3.05, 3.63) is 64.7 Å². The number of carboxylic acids is 1. The Bertz CT molecular complexity index is 1190. The summed E-state index contributed by atoms with van der Waals surface area (Å²) in [6, 6.07) is 14.1. The lowest BCUT2D eigenvalue weighted by molar-refractivity contribution is 0.0548. The second kappa shape index (κ2) is 9.15. The highest BCUT2D eigenvalue weighted by atomic mass is 16.5. The smallest absolute Gasteiger partial charge is 0.335 e. The number of carboxylic acid groups (broad SMARTS) is 1. The third-order valence-electron chi connectivity index (χ3n) is 8.26. The quantitative estimate of drug-likeness (QED) is 0.615. The summed E-state index contributed by atoms with van der Waals surface area (Å²) in [6.07, 6.45) is 6.88. The highest BCUT2D eigenvalue weighted by molar-refractivity contribution is 6.06. The Balaban J connectivity index is 1.50. The summed E-state index contributed by atoms with van der Waals surface area (Å²) in [5, 5.41) is 9.72. The first kappa shape index (κ1) is 22.4. The van der Waals surface area contributed by atoms with E-state index in [2.05, 4.69) is 18.2 Å². The molecule has 0 aromatic heterocycles. The molecule has 182 valence electrons. The molecule has 4 aliphatic rings. The van der Waals surface area contributed by atoms with Gasteiger partial charge in [0.15, 0.2) is 0 Å². The monoisotopic (exact) mass is 472 g/mol. The van der Waals surface area contributed by atoms with Crippen molar-refractivity contribution in [1.82, 2.24) is 4.90 Å². The van der Waals surface area contributed by atoms with Crippen LogP contribution in [-0.2, 0) is 4.74 Å². The number of nitrogens with zero attached hydrogens (tertiary/aromatic N) is 2. The highest BCUT2D eigenvalue weighted by Crippen LogP contribution is 2.56. The van der Waals surface area contributed by atoms with Gasteiger partial charge in [-0.3, -0.25) is 4.90 Å². The van der Waals surface area contributed by atoms with Gasteiger partial charge in [0.2, 0.25) is 0 Å². The van der Waals surface area contributed by atoms with Crippen LogP contribution in [0.5, 0.6) is 0 Å². The summed E-state index contributed by atoms with van der Waals surface area (Å²) in [7, 11) is 0. The van der Waals surface area contributed by atoms with Crippen LogP contribution in [0.3, 0.4) is 0 Å². The number of morpholine rings is 1. The van der Waals surface area contributed by atoms with E-state index in [1.807, 2.05) is 28.0 Å². The number of amides is 2. The van der Waals surface area contributed by atoms with Crippen LogP contribution in [0, 0.1) is 5.92 Å². The third kappa shape index (κ3) is 3.84. The maximum Gasteiger partial charge on any atom is 0.335 e. The molecule has 2 aromatic carbocycles. The molecule has 1 N–H and O–H groups in total. The minimum atomic E-state index is -0.890. The molecule has 1 saturated heterocycles. The van der Waals surface area contributed by atoms with Crippen LogP contribution in [0.1, 0.15) is 71.5 Å². The van der Waals surface area contributed by atoms with E-state index in [4.69, 9.17) is 4.74 Å². The molecule has 2 aliphatic heterocycles. The van der Waals surface area contributed by atoms with Crippen LogP contribution in [0.15, 0.2) is 42.5 Å². The summed E-state index contributed by atoms with van der Waals surface area (Å²) in [6.45, 7) is 2.98. The molecule has 2 amide bonds. The van der Waals surface area contributed by atoms with Gasteiger partial charge in [0.05, 0.1) is 24.5 Å². The van der Waals surface area contributed by atoms with E-state index in [-0.39, 0.29) is 11.9 Å². The van der Waals surface area contributed by atoms with E-state index in [0.29, 0.717) is 44.3 Å². The number of carbonyl (C=O) groups is 2. The topological polar surface area (TPSA) is 70.1 Å². The van der Waals surface area contributed by atoms with Crippen LogP contribution >= 0.6 is 0 Å². The van der Waals surface area contributed by atoms with Crippen molar-refractivity contribution in [3.63, 3.8) is 0 Å². The number of allylic oxidation sites excluding steroid dienone is 2. The normalized spacial score (nSPS) is 22.3. The Hall–Kier alpha value is -3.12. The third-order valence-corrected chi connectivity index (χ3v) is 8.26. The number of ether oxygens (including phenoxy) is 1. The molecular formula is C29H32N2O4. The van der Waals surface area contributed by atoms with E-state index in [9.17, 15) is 14.7 Å². The minimum absolute atomic E-state index is 0.0417. The standard InChI is InChI=1S/C29H32N2O4/c32-28(33)20-10-11-21-24(18-20)22-12-13-31(29(34)30-14-16-35-17-15-30)25-9-5-4-8-23(25)27(22)26(21)19-6-2-1-3-7-19/h4-5,8-11,18-19,22H,1-3,6-7,12-17H2,(H,32,33). The van der Waals surface area contributed by atoms with Crippen molar-refractivity contribution >= 4 is 28.8 Å². The summed E-state index contributed by atoms with van der Waals surface area (Å²) < 4.78 is 5.47. The van der Waals surface area contributed by atoms with Gasteiger partial charge in [-0.1, -0.05) is 43.5 Å². The number of hydrogen-bond donors (Lipinski definition) is 1. The average molecular weight is 473 g/mol. The number of fused-ring (bicyclic) bond motifs is 5. The van der Waals surface area contributed by atoms with Gasteiger partial charge in [-0.2, -0.15) is 0 Å². The molecule has 0 bridgehead atoms. The van der Waals surface area contributed by atoms with Crippen molar-refractivity contribution in [2.24, 2.45) is 5.92 Å². The average Bonchev–Trinajstić information content (AvgIpc) is 3.13. The zero-order chi connectivity index (χ0) is 23.9. The number of carbonyl (C=O) groups excluding carboxylic acids is 1. The summed E-state index contributed by atoms with van der Waals surface area (Å²) in [5.74, 6) is -0.309. The van der Waals surface area contributed by atoms with Crippen LogP contribution in [0.4, 0.5) is 10.5 Å². The van der Waals surface area contributed by atoms with Gasteiger partial charge in [-0.25, -0.2) is 9.59 Å². The number of urea groups is 1. The Morgan fingerprint density at radius 3 is 2.40 bits per heavy atom. The van der Waals surface area contributed by atoms with E-state index < -0.39 is 5.97 Å². The SMILES string of the molecule is O=C(O)c1ccc2c(c1)C1CCN(C(=O)N3CCOCC3)c3ccccc3C1=C2C1CCCCC1. The molecule has 2 aromatic rings. The van der Waals surface area contributed by atoms with E-state index in [1.54, 1.807) is 6.07 Å². The molecule has 35 heavy (non-hydrogen) atoms. The van der Waals surface area contributed by atoms with Gasteiger partial charge >= 0.3 is 12.0 Å². The molecule has 2 fully saturated rings. The highest BCUT2D eigenvalue weighted by Gasteiger charge is 2.40. The zero-order valence-electron chi connectivity index (χ0n) is 20.0. The lowest BCUT2D eigenvalue weighted by atomic mass is 9.79. The molecule has 6 nitrogen and oxygen atoms in total. The Morgan fingerprint density at radius 1 is 0.857 bits per heavy atom. The Morgan fingerprint density at radius 2 is 1.63 bits per heavy atom. The van der Waals surface area contributed by atoms with Crippen LogP contribution in [0.25, 0.3) is 11.1 Å². The van der Waals surface area contributed by atoms with Gasteiger partial charge in [-0.15, -0.1) is 0 Å². The Kier molecular flexibility index (Phi) is 5.85. The number of aromatic carboxylic acids is 1. The number of para-hydroxylation sites is 1. The lowest BCUT2D eigenvalue weighted by Crippen LogP contribution is -2.48. The summed E-state index contributed by atoms with van der Waals surface area (Å²) >= 11 is 0. The van der Waals surface area contributed by atoms with Crippen molar-refractivity contribution in [1.29, 1.82) is 0 Å². The van der Waals surface area contributed by atoms with Gasteiger partial charge in [0, 0.05) is 31.1 Å². The fraction of sp³-hybridized carbons (Fsp3) is 0.448. The molecule has 2 heterocycles. The molecule has 6 heteroatoms. The summed E-state index contributed by atoms with van der Waals surface area (Å²) in [4.78, 5) is 29.4. The van der Waals surface area contributed by atoms with Crippen molar-refractivity contribution in [2.75, 3.05) is 37.7 Å². The van der Waals surface area contributed by atoms with Crippen LogP contribution in [-0.4, -0.2) is 54.9 Å². The number of rotatable bonds is 2. The fourth-order valence-corrected chi connectivity index (χ4v) is 6.62. The van der Waals surface area contributed by atoms with Crippen molar-refractivity contribution in [3.8, 4) is 0 Å². The maximum atomic E-state index is 13.7. The second-order valence-electron chi connectivity index (χ2n) is 10.2. The molecule has 2 aliphatic carbocycles. The number of benzene rings is 2. The van der Waals surface area contributed by atoms with E-state index in [0.717, 1.165) is 23.2 Å². The maximum absolute atomic E-state index is 13.7. The largest absolute Gasteiger partial charge is 0.478 e. The fourth-order valence-electron chi connectivity index (χ4n) is 6.62. The number of anilines is 1. The van der Waals surface area contributed by atoms with Crippen molar-refractivity contribution in [2.45, 2.75) is 44.4 Å². The summed E-state index contributed by atoms with van der Waals surface area (Å²) in [5.41, 5.74) is 7.51. The van der Waals surface area contributed by atoms with Crippen LogP contribution < -0.4 is 4.90 Å². The predicted octanol–water partition coefficient (Wildman–Crippen LogP) is 5.64. The molecular weight excluding hydrogens is 440 g/mol. The zero-order valence-corrected chi connectivity index (χ0v) is 20.0. The molecule has 1 unspecified atom stereocenters. The van der Waals surface area contributed by atoms with Gasteiger partial charge in [-0.05, 0) is 65.7 Å². The number of hydrogen-bond acceptors (Lipinski definition) is 3. The first-order valence-electron chi connectivity index (χ1n) is 13.0. The first-order valence-corrected chi connectivity index (χ1v) is 13.0. The van der Waals surface area contributed by atoms with E-state index >= 15 is 0 Å². The molecule has 0 radical (unpaired) electrons. The van der Waals surface area contributed by atoms with Gasteiger partial charge in [0.25, 0.3) is 0 Å². The predicted molar refractivity (Wildman–Crippen MR) is 136 cm³/mol. The lowest BCUT2D eigenvalue weighted by Gasteiger charge is -2.33. The molecule has 0 spiro atoms. The van der Waals surface area contributed by atoms with Gasteiger partial charge in [0.1, 0.15) is 0 Å². The second-order valence-corrected chi connectivity index (χ2v) is 10.2. The molecule has 1 atom stereocenters. The first-order chi connectivity index (χ1) is 17.1. The van der Waals surface area contributed by atoms with Crippen LogP contribution in [0.2, 0.25) is 0 Å². The van der Waals surface area contributed by atoms with E-state index in [1.165, 1.54) is 48.8 Å². The Labute approximate surface area is 206 Å². The van der Waals surface area contributed by atoms with Gasteiger partial charge < -0.3 is 14.7 Å². The minimum Gasteiger partial charge on any atom is -0.478 e. The molecule has 6 rings (SSSR count).